The van der Waals surface area contributed by atoms with Crippen LogP contribution in [0.2, 0.25) is 0 Å². The zero-order chi connectivity index (χ0) is 24.6. The van der Waals surface area contributed by atoms with Crippen molar-refractivity contribution in [2.24, 2.45) is 0 Å². The van der Waals surface area contributed by atoms with Gasteiger partial charge in [0.25, 0.3) is 11.8 Å². The molecule has 0 fully saturated rings. The molecule has 1 aliphatic heterocycles. The van der Waals surface area contributed by atoms with Gasteiger partial charge in [-0.2, -0.15) is 0 Å². The van der Waals surface area contributed by atoms with Crippen molar-refractivity contribution in [2.45, 2.75) is 66.0 Å². The van der Waals surface area contributed by atoms with Crippen molar-refractivity contribution < 1.29 is 19.1 Å². The van der Waals surface area contributed by atoms with Gasteiger partial charge in [0.15, 0.2) is 5.60 Å². The molecule has 0 aliphatic carbocycles. The lowest BCUT2D eigenvalue weighted by molar-refractivity contribution is -0.133. The molecule has 7 nitrogen and oxygen atoms in total. The molecular formula is C26H33N3O4. The number of nitrogens with zero attached hydrogens (tertiary/aromatic N) is 1. The maximum atomic E-state index is 13.2. The minimum Gasteiger partial charge on any atom is -0.476 e. The molecule has 0 bridgehead atoms. The molecule has 3 rings (SSSR count). The Morgan fingerprint density at radius 3 is 2.45 bits per heavy atom. The number of hydrogen-bond acceptors (Lipinski definition) is 4. The highest BCUT2D eigenvalue weighted by atomic mass is 16.5. The lowest BCUT2D eigenvalue weighted by Gasteiger charge is -2.38. The van der Waals surface area contributed by atoms with Crippen LogP contribution in [0.4, 0.5) is 11.4 Å². The SMILES string of the molecule is CCc1cccc(C)c1NC(=O)CN1C(=O)C(C)(C)Oc2ccc(C(=O)NC(C)(C)C)cc21. The minimum absolute atomic E-state index is 0.194. The second-order valence-electron chi connectivity index (χ2n) is 9.90. The van der Waals surface area contributed by atoms with Crippen molar-refractivity contribution in [1.29, 1.82) is 0 Å². The first-order valence-electron chi connectivity index (χ1n) is 11.2. The predicted octanol–water partition coefficient (Wildman–Crippen LogP) is 4.23. The molecule has 2 N–H and O–H groups in total. The van der Waals surface area contributed by atoms with Crippen LogP contribution in [0.3, 0.4) is 0 Å². The van der Waals surface area contributed by atoms with Gasteiger partial charge in [-0.1, -0.05) is 25.1 Å². The van der Waals surface area contributed by atoms with Crippen LogP contribution in [0.25, 0.3) is 0 Å². The zero-order valence-electron chi connectivity index (χ0n) is 20.5. The summed E-state index contributed by atoms with van der Waals surface area (Å²) < 4.78 is 5.90. The molecule has 0 unspecified atom stereocenters. The molecule has 7 heteroatoms. The number of benzene rings is 2. The highest BCUT2D eigenvalue weighted by Crippen LogP contribution is 2.38. The summed E-state index contributed by atoms with van der Waals surface area (Å²) in [6, 6.07) is 10.8. The number of amides is 3. The fraction of sp³-hybridized carbons (Fsp3) is 0.423. The normalized spacial score (nSPS) is 14.9. The topological polar surface area (TPSA) is 87.7 Å². The van der Waals surface area contributed by atoms with Crippen LogP contribution in [-0.4, -0.2) is 35.4 Å². The van der Waals surface area contributed by atoms with Gasteiger partial charge in [-0.3, -0.25) is 19.3 Å². The first-order chi connectivity index (χ1) is 15.3. The molecular weight excluding hydrogens is 418 g/mol. The van der Waals surface area contributed by atoms with E-state index in [0.717, 1.165) is 23.2 Å². The molecule has 0 spiro atoms. The van der Waals surface area contributed by atoms with Crippen LogP contribution in [0, 0.1) is 6.92 Å². The van der Waals surface area contributed by atoms with Crippen molar-refractivity contribution in [2.75, 3.05) is 16.8 Å². The molecule has 1 heterocycles. The van der Waals surface area contributed by atoms with Gasteiger partial charge in [0.2, 0.25) is 5.91 Å². The van der Waals surface area contributed by atoms with Gasteiger partial charge >= 0.3 is 0 Å². The summed E-state index contributed by atoms with van der Waals surface area (Å²) in [6.45, 7) is 12.8. The van der Waals surface area contributed by atoms with Crippen molar-refractivity contribution in [1.82, 2.24) is 5.32 Å². The number of rotatable bonds is 5. The Morgan fingerprint density at radius 1 is 1.12 bits per heavy atom. The number of carbonyl (C=O) groups is 3. The van der Waals surface area contributed by atoms with E-state index in [1.54, 1.807) is 32.0 Å². The third kappa shape index (κ3) is 5.35. The monoisotopic (exact) mass is 451 g/mol. The Labute approximate surface area is 195 Å². The van der Waals surface area contributed by atoms with Crippen LogP contribution in [-0.2, 0) is 16.0 Å². The molecule has 33 heavy (non-hydrogen) atoms. The zero-order valence-corrected chi connectivity index (χ0v) is 20.5. The Morgan fingerprint density at radius 2 is 1.82 bits per heavy atom. The van der Waals surface area contributed by atoms with Crippen molar-refractivity contribution in [3.8, 4) is 5.75 Å². The van der Waals surface area contributed by atoms with Crippen LogP contribution < -0.4 is 20.3 Å². The van der Waals surface area contributed by atoms with Gasteiger partial charge in [0.1, 0.15) is 12.3 Å². The summed E-state index contributed by atoms with van der Waals surface area (Å²) in [6.07, 6.45) is 0.774. The van der Waals surface area contributed by atoms with Crippen LogP contribution in [0.5, 0.6) is 5.75 Å². The maximum Gasteiger partial charge on any atom is 0.271 e. The molecule has 0 radical (unpaired) electrons. The standard InChI is InChI=1S/C26H33N3O4/c1-8-17-11-9-10-16(2)22(17)27-21(30)15-29-19-14-18(23(31)28-25(3,4)5)12-13-20(19)33-26(6,7)24(29)32/h9-14H,8,15H2,1-7H3,(H,27,30)(H,28,31). The summed E-state index contributed by atoms with van der Waals surface area (Å²) >= 11 is 0. The molecule has 0 saturated carbocycles. The van der Waals surface area contributed by atoms with Crippen LogP contribution in [0.1, 0.15) is 63.0 Å². The molecule has 0 atom stereocenters. The molecule has 1 aliphatic rings. The third-order valence-electron chi connectivity index (χ3n) is 5.43. The minimum atomic E-state index is -1.14. The second kappa shape index (κ2) is 8.89. The van der Waals surface area contributed by atoms with Gasteiger partial charge in [-0.25, -0.2) is 0 Å². The summed E-state index contributed by atoms with van der Waals surface area (Å²) in [5.41, 5.74) is 1.99. The first kappa shape index (κ1) is 24.3. The lowest BCUT2D eigenvalue weighted by Crippen LogP contribution is -2.54. The number of anilines is 2. The lowest BCUT2D eigenvalue weighted by atomic mass is 10.0. The number of para-hydroxylation sites is 1. The summed E-state index contributed by atoms with van der Waals surface area (Å²) in [5.74, 6) is -0.482. The Bertz CT molecular complexity index is 1100. The van der Waals surface area contributed by atoms with E-state index in [0.29, 0.717) is 17.0 Å². The quantitative estimate of drug-likeness (QED) is 0.712. The average molecular weight is 452 g/mol. The maximum absolute atomic E-state index is 13.2. The van der Waals surface area contributed by atoms with Gasteiger partial charge in [-0.15, -0.1) is 0 Å². The largest absolute Gasteiger partial charge is 0.476 e. The number of aryl methyl sites for hydroxylation is 2. The van der Waals surface area contributed by atoms with E-state index >= 15 is 0 Å². The fourth-order valence-electron chi connectivity index (χ4n) is 3.80. The van der Waals surface area contributed by atoms with Gasteiger partial charge in [0.05, 0.1) is 5.69 Å². The second-order valence-corrected chi connectivity index (χ2v) is 9.90. The summed E-state index contributed by atoms with van der Waals surface area (Å²) in [4.78, 5) is 40.4. The number of nitrogens with one attached hydrogen (secondary N) is 2. The molecule has 0 aromatic heterocycles. The Kier molecular flexibility index (Phi) is 6.54. The van der Waals surface area contributed by atoms with E-state index in [1.165, 1.54) is 4.90 Å². The highest BCUT2D eigenvalue weighted by Gasteiger charge is 2.42. The van der Waals surface area contributed by atoms with Crippen molar-refractivity contribution >= 4 is 29.1 Å². The summed E-state index contributed by atoms with van der Waals surface area (Å²) in [5, 5.41) is 5.89. The van der Waals surface area contributed by atoms with E-state index in [4.69, 9.17) is 4.74 Å². The van der Waals surface area contributed by atoms with Crippen LogP contribution >= 0.6 is 0 Å². The van der Waals surface area contributed by atoms with Crippen molar-refractivity contribution in [3.63, 3.8) is 0 Å². The first-order valence-corrected chi connectivity index (χ1v) is 11.2. The van der Waals surface area contributed by atoms with Gasteiger partial charge in [0, 0.05) is 16.8 Å². The van der Waals surface area contributed by atoms with Crippen molar-refractivity contribution in [3.05, 3.63) is 53.1 Å². The number of carbonyl (C=O) groups excluding carboxylic acids is 3. The highest BCUT2D eigenvalue weighted by molar-refractivity contribution is 6.09. The van der Waals surface area contributed by atoms with E-state index in [-0.39, 0.29) is 24.3 Å². The van der Waals surface area contributed by atoms with E-state index < -0.39 is 11.1 Å². The van der Waals surface area contributed by atoms with E-state index in [9.17, 15) is 14.4 Å². The van der Waals surface area contributed by atoms with E-state index in [2.05, 4.69) is 10.6 Å². The Hall–Kier alpha value is -3.35. The smallest absolute Gasteiger partial charge is 0.271 e. The number of fused-ring (bicyclic) bond motifs is 1. The molecule has 2 aromatic rings. The predicted molar refractivity (Wildman–Crippen MR) is 130 cm³/mol. The average Bonchev–Trinajstić information content (AvgIpc) is 2.71. The molecule has 0 saturated heterocycles. The molecule has 176 valence electrons. The van der Waals surface area contributed by atoms with Crippen LogP contribution in [0.15, 0.2) is 36.4 Å². The number of ether oxygens (including phenoxy) is 1. The summed E-state index contributed by atoms with van der Waals surface area (Å²) in [7, 11) is 0. The van der Waals surface area contributed by atoms with Gasteiger partial charge < -0.3 is 15.4 Å². The third-order valence-corrected chi connectivity index (χ3v) is 5.43. The van der Waals surface area contributed by atoms with Gasteiger partial charge in [-0.05, 0) is 77.3 Å². The van der Waals surface area contributed by atoms with E-state index in [1.807, 2.05) is 52.8 Å². The molecule has 2 aromatic carbocycles. The molecule has 3 amide bonds. The number of hydrogen-bond donors (Lipinski definition) is 2. The fourth-order valence-corrected chi connectivity index (χ4v) is 3.80. The Balaban J connectivity index is 1.93.